The minimum Gasteiger partial charge on any atom is -0.328 e. The third-order valence-corrected chi connectivity index (χ3v) is 4.14. The van der Waals surface area contributed by atoms with Crippen LogP contribution in [0.1, 0.15) is 12.5 Å². The smallest absolute Gasteiger partial charge is 0.106 e. The molecule has 3 rings (SSSR count). The van der Waals surface area contributed by atoms with Crippen LogP contribution in [0.5, 0.6) is 0 Å². The Morgan fingerprint density at radius 3 is 2.71 bits per heavy atom. The van der Waals surface area contributed by atoms with Gasteiger partial charge in [-0.2, -0.15) is 0 Å². The monoisotopic (exact) mass is 295 g/mol. The summed E-state index contributed by atoms with van der Waals surface area (Å²) >= 11 is 1.59. The second kappa shape index (κ2) is 6.24. The summed E-state index contributed by atoms with van der Waals surface area (Å²) in [5, 5.41) is 3.09. The van der Waals surface area contributed by atoms with Crippen LogP contribution in [0.15, 0.2) is 64.8 Å². The minimum atomic E-state index is 0.107. The highest BCUT2D eigenvalue weighted by atomic mass is 32.2. The number of pyridine rings is 2. The lowest BCUT2D eigenvalue weighted by Gasteiger charge is -2.12. The van der Waals surface area contributed by atoms with Crippen LogP contribution in [-0.4, -0.2) is 16.0 Å². The molecule has 3 aromatic rings. The molecule has 0 aliphatic carbocycles. The zero-order chi connectivity index (χ0) is 14.7. The molecule has 1 aromatic carbocycles. The minimum absolute atomic E-state index is 0.107. The Balaban J connectivity index is 2.05. The van der Waals surface area contributed by atoms with E-state index >= 15 is 0 Å². The Morgan fingerprint density at radius 2 is 1.95 bits per heavy atom. The zero-order valence-corrected chi connectivity index (χ0v) is 12.7. The maximum Gasteiger partial charge on any atom is 0.106 e. The van der Waals surface area contributed by atoms with Gasteiger partial charge in [0.15, 0.2) is 0 Å². The first-order chi connectivity index (χ1) is 10.2. The van der Waals surface area contributed by atoms with Crippen LogP contribution < -0.4 is 5.73 Å². The van der Waals surface area contributed by atoms with Gasteiger partial charge >= 0.3 is 0 Å². The van der Waals surface area contributed by atoms with Crippen molar-refractivity contribution in [1.82, 2.24) is 9.97 Å². The average Bonchev–Trinajstić information content (AvgIpc) is 2.48. The summed E-state index contributed by atoms with van der Waals surface area (Å²) in [7, 11) is 0. The van der Waals surface area contributed by atoms with Crippen molar-refractivity contribution in [3.63, 3.8) is 0 Å². The molecule has 0 aliphatic rings. The van der Waals surface area contributed by atoms with Gasteiger partial charge in [-0.05, 0) is 54.9 Å². The van der Waals surface area contributed by atoms with Crippen molar-refractivity contribution in [1.29, 1.82) is 0 Å². The van der Waals surface area contributed by atoms with E-state index in [9.17, 15) is 0 Å². The van der Waals surface area contributed by atoms with Crippen molar-refractivity contribution < 1.29 is 0 Å². The van der Waals surface area contributed by atoms with E-state index in [0.29, 0.717) is 0 Å². The summed E-state index contributed by atoms with van der Waals surface area (Å²) in [6.45, 7) is 2.02. The van der Waals surface area contributed by atoms with Gasteiger partial charge in [0.05, 0.1) is 5.52 Å². The summed E-state index contributed by atoms with van der Waals surface area (Å²) in [6.07, 6.45) is 2.61. The Hall–Kier alpha value is -1.91. The summed E-state index contributed by atoms with van der Waals surface area (Å²) < 4.78 is 0. The molecule has 0 spiro atoms. The highest BCUT2D eigenvalue weighted by Gasteiger charge is 2.11. The van der Waals surface area contributed by atoms with Crippen molar-refractivity contribution in [3.05, 3.63) is 60.3 Å². The van der Waals surface area contributed by atoms with Gasteiger partial charge in [-0.15, -0.1) is 0 Å². The zero-order valence-electron chi connectivity index (χ0n) is 11.9. The summed E-state index contributed by atoms with van der Waals surface area (Å²) in [5.41, 5.74) is 8.16. The Kier molecular flexibility index (Phi) is 4.18. The molecule has 4 heteroatoms. The van der Waals surface area contributed by atoms with Crippen LogP contribution >= 0.6 is 11.8 Å². The van der Waals surface area contributed by atoms with E-state index in [0.717, 1.165) is 27.4 Å². The molecule has 1 atom stereocenters. The highest BCUT2D eigenvalue weighted by molar-refractivity contribution is 7.99. The third-order valence-electron chi connectivity index (χ3n) is 3.14. The number of hydrogen-bond acceptors (Lipinski definition) is 4. The molecular weight excluding hydrogens is 278 g/mol. The first-order valence-corrected chi connectivity index (χ1v) is 7.77. The van der Waals surface area contributed by atoms with Crippen LogP contribution in [0, 0.1) is 0 Å². The summed E-state index contributed by atoms with van der Waals surface area (Å²) in [5.74, 6) is 0. The van der Waals surface area contributed by atoms with Gasteiger partial charge in [-0.25, -0.2) is 9.97 Å². The first-order valence-electron chi connectivity index (χ1n) is 6.95. The molecule has 21 heavy (non-hydrogen) atoms. The normalized spacial score (nSPS) is 12.5. The number of fused-ring (bicyclic) bond motifs is 1. The second-order valence-electron chi connectivity index (χ2n) is 5.10. The van der Waals surface area contributed by atoms with E-state index in [1.165, 1.54) is 5.56 Å². The van der Waals surface area contributed by atoms with Gasteiger partial charge < -0.3 is 5.73 Å². The van der Waals surface area contributed by atoms with Gasteiger partial charge in [0.25, 0.3) is 0 Å². The maximum atomic E-state index is 5.98. The van der Waals surface area contributed by atoms with Gasteiger partial charge in [-0.3, -0.25) is 0 Å². The van der Waals surface area contributed by atoms with E-state index in [1.54, 1.807) is 18.0 Å². The van der Waals surface area contributed by atoms with Crippen LogP contribution in [0.25, 0.3) is 10.9 Å². The molecule has 3 nitrogen and oxygen atoms in total. The van der Waals surface area contributed by atoms with Crippen molar-refractivity contribution in [3.8, 4) is 0 Å². The lowest BCUT2D eigenvalue weighted by atomic mass is 10.1. The molecular formula is C17H17N3S. The highest BCUT2D eigenvalue weighted by Crippen LogP contribution is 2.30. The van der Waals surface area contributed by atoms with Gasteiger partial charge in [0.1, 0.15) is 10.1 Å². The molecule has 0 bridgehead atoms. The number of nitrogens with two attached hydrogens (primary N) is 1. The fourth-order valence-corrected chi connectivity index (χ4v) is 3.11. The Bertz CT molecular complexity index is 741. The van der Waals surface area contributed by atoms with Gasteiger partial charge in [0.2, 0.25) is 0 Å². The fourth-order valence-electron chi connectivity index (χ4n) is 2.23. The molecule has 0 saturated carbocycles. The summed E-state index contributed by atoms with van der Waals surface area (Å²) in [4.78, 5) is 9.16. The number of para-hydroxylation sites is 1. The fraction of sp³-hybridized carbons (Fsp3) is 0.176. The van der Waals surface area contributed by atoms with E-state index in [1.807, 2.05) is 43.3 Å². The molecule has 106 valence electrons. The maximum absolute atomic E-state index is 5.98. The number of nitrogens with zero attached hydrogens (tertiary/aromatic N) is 2. The molecule has 2 heterocycles. The topological polar surface area (TPSA) is 51.8 Å². The molecule has 0 saturated heterocycles. The first kappa shape index (κ1) is 14.0. The quantitative estimate of drug-likeness (QED) is 0.798. The number of rotatable bonds is 4. The molecule has 1 unspecified atom stereocenters. The lowest BCUT2D eigenvalue weighted by molar-refractivity contribution is 0.724. The number of aromatic nitrogens is 2. The van der Waals surface area contributed by atoms with Crippen LogP contribution in [0.4, 0.5) is 0 Å². The summed E-state index contributed by atoms with van der Waals surface area (Å²) in [6, 6.07) is 16.4. The predicted molar refractivity (Wildman–Crippen MR) is 87.5 cm³/mol. The molecule has 0 radical (unpaired) electrons. The van der Waals surface area contributed by atoms with E-state index in [2.05, 4.69) is 17.1 Å². The molecule has 0 fully saturated rings. The largest absolute Gasteiger partial charge is 0.328 e. The number of hydrogen-bond donors (Lipinski definition) is 1. The second-order valence-corrected chi connectivity index (χ2v) is 6.11. The molecule has 2 aromatic heterocycles. The van der Waals surface area contributed by atoms with E-state index < -0.39 is 0 Å². The van der Waals surface area contributed by atoms with Crippen molar-refractivity contribution in [2.24, 2.45) is 5.73 Å². The molecule has 0 amide bonds. The Morgan fingerprint density at radius 1 is 1.14 bits per heavy atom. The van der Waals surface area contributed by atoms with Crippen molar-refractivity contribution in [2.45, 2.75) is 29.4 Å². The van der Waals surface area contributed by atoms with Gasteiger partial charge in [-0.1, -0.05) is 24.3 Å². The lowest BCUT2D eigenvalue weighted by Crippen LogP contribution is -2.18. The van der Waals surface area contributed by atoms with Crippen LogP contribution in [0.2, 0.25) is 0 Å². The Labute approximate surface area is 128 Å². The third kappa shape index (κ3) is 3.40. The van der Waals surface area contributed by atoms with Crippen molar-refractivity contribution in [2.75, 3.05) is 0 Å². The predicted octanol–water partition coefficient (Wildman–Crippen LogP) is 3.67. The van der Waals surface area contributed by atoms with Crippen molar-refractivity contribution >= 4 is 22.7 Å². The standard InChI is InChI=1S/C17H17N3S/c1-12(18)10-14-11-13-6-2-3-7-15(13)20-17(14)21-16-8-4-5-9-19-16/h2-9,11-12H,10,18H2,1H3. The van der Waals surface area contributed by atoms with Crippen LogP contribution in [0.3, 0.4) is 0 Å². The van der Waals surface area contributed by atoms with E-state index in [4.69, 9.17) is 10.7 Å². The van der Waals surface area contributed by atoms with Gasteiger partial charge in [0, 0.05) is 17.6 Å². The van der Waals surface area contributed by atoms with E-state index in [-0.39, 0.29) is 6.04 Å². The molecule has 0 aliphatic heterocycles. The number of benzene rings is 1. The van der Waals surface area contributed by atoms with Crippen LogP contribution in [-0.2, 0) is 6.42 Å². The molecule has 2 N–H and O–H groups in total. The average molecular weight is 295 g/mol. The SMILES string of the molecule is CC(N)Cc1cc2ccccc2nc1Sc1ccccn1.